The summed E-state index contributed by atoms with van der Waals surface area (Å²) in [7, 11) is 0. The average Bonchev–Trinajstić information content (AvgIpc) is 2.78. The highest BCUT2D eigenvalue weighted by molar-refractivity contribution is 5.55. The molecule has 1 aliphatic carbocycles. The van der Waals surface area contributed by atoms with E-state index < -0.39 is 0 Å². The highest BCUT2D eigenvalue weighted by atomic mass is 19.1. The van der Waals surface area contributed by atoms with E-state index in [1.807, 2.05) is 24.5 Å². The van der Waals surface area contributed by atoms with E-state index >= 15 is 0 Å². The lowest BCUT2D eigenvalue weighted by Crippen LogP contribution is -2.14. The molecule has 1 fully saturated rings. The molecule has 1 aromatic carbocycles. The summed E-state index contributed by atoms with van der Waals surface area (Å²) in [4.78, 5) is 9.16. The monoisotopic (exact) mass is 410 g/mol. The maximum absolute atomic E-state index is 14.4. The van der Waals surface area contributed by atoms with Crippen molar-refractivity contribution in [3.05, 3.63) is 47.5 Å². The van der Waals surface area contributed by atoms with Gasteiger partial charge in [0.05, 0.1) is 0 Å². The van der Waals surface area contributed by atoms with E-state index in [2.05, 4.69) is 23.8 Å². The minimum atomic E-state index is -0.131. The fourth-order valence-corrected chi connectivity index (χ4v) is 4.80. The van der Waals surface area contributed by atoms with Crippen molar-refractivity contribution in [2.24, 2.45) is 5.92 Å². The lowest BCUT2D eigenvalue weighted by atomic mass is 9.77. The van der Waals surface area contributed by atoms with E-state index in [0.717, 1.165) is 42.7 Å². The van der Waals surface area contributed by atoms with Crippen LogP contribution in [0.5, 0.6) is 0 Å². The van der Waals surface area contributed by atoms with Gasteiger partial charge in [0.1, 0.15) is 5.82 Å². The van der Waals surface area contributed by atoms with Crippen LogP contribution in [0.15, 0.2) is 30.6 Å². The van der Waals surface area contributed by atoms with Gasteiger partial charge in [-0.2, -0.15) is 0 Å². The van der Waals surface area contributed by atoms with Gasteiger partial charge in [-0.05, 0) is 67.6 Å². The molecule has 0 N–H and O–H groups in total. The zero-order chi connectivity index (χ0) is 21.2. The predicted molar refractivity (Wildman–Crippen MR) is 124 cm³/mol. The summed E-state index contributed by atoms with van der Waals surface area (Å²) in [5.74, 6) is 2.00. The largest absolute Gasteiger partial charge is 0.236 e. The zero-order valence-electron chi connectivity index (χ0n) is 19.0. The Labute approximate surface area is 182 Å². The number of unbranched alkanes of at least 4 members (excludes halogenated alkanes) is 5. The van der Waals surface area contributed by atoms with Crippen molar-refractivity contribution >= 4 is 0 Å². The average molecular weight is 411 g/mol. The second-order valence-electron chi connectivity index (χ2n) is 9.17. The van der Waals surface area contributed by atoms with E-state index in [1.165, 1.54) is 63.4 Å². The molecule has 1 heterocycles. The second kappa shape index (κ2) is 12.2. The number of rotatable bonds is 11. The van der Waals surface area contributed by atoms with Crippen LogP contribution in [0.1, 0.15) is 108 Å². The van der Waals surface area contributed by atoms with Crippen LogP contribution in [0, 0.1) is 11.7 Å². The molecule has 0 atom stereocenters. The highest BCUT2D eigenvalue weighted by Crippen LogP contribution is 2.37. The van der Waals surface area contributed by atoms with Crippen molar-refractivity contribution in [3.8, 4) is 11.4 Å². The maximum Gasteiger partial charge on any atom is 0.159 e. The van der Waals surface area contributed by atoms with Gasteiger partial charge >= 0.3 is 0 Å². The van der Waals surface area contributed by atoms with Gasteiger partial charge in [0, 0.05) is 18.0 Å². The van der Waals surface area contributed by atoms with Gasteiger partial charge in [-0.15, -0.1) is 0 Å². The molecule has 1 aliphatic rings. The molecular formula is C27H39FN2. The van der Waals surface area contributed by atoms with E-state index in [9.17, 15) is 4.39 Å². The molecule has 0 aliphatic heterocycles. The van der Waals surface area contributed by atoms with Crippen LogP contribution in [0.25, 0.3) is 11.4 Å². The predicted octanol–water partition coefficient (Wildman–Crippen LogP) is 8.26. The minimum absolute atomic E-state index is 0.131. The Morgan fingerprint density at radius 3 is 2.23 bits per heavy atom. The van der Waals surface area contributed by atoms with Crippen molar-refractivity contribution < 1.29 is 4.39 Å². The first-order valence-corrected chi connectivity index (χ1v) is 12.3. The van der Waals surface area contributed by atoms with Crippen LogP contribution in [0.2, 0.25) is 0 Å². The standard InChI is InChI=1S/C27H39FN2/c1-3-5-7-9-10-21-12-14-22(15-13-21)25-19-29-27(30-20-25)24-17-16-23(26(28)18-24)11-8-6-4-2/h16-22H,3-15H2,1-2H3. The summed E-state index contributed by atoms with van der Waals surface area (Å²) in [6.07, 6.45) is 20.2. The lowest BCUT2D eigenvalue weighted by Gasteiger charge is -2.28. The number of nitrogens with zero attached hydrogens (tertiary/aromatic N) is 2. The highest BCUT2D eigenvalue weighted by Gasteiger charge is 2.22. The van der Waals surface area contributed by atoms with Crippen LogP contribution in [-0.2, 0) is 6.42 Å². The number of halogens is 1. The van der Waals surface area contributed by atoms with Gasteiger partial charge in [0.25, 0.3) is 0 Å². The first-order valence-electron chi connectivity index (χ1n) is 12.3. The Hall–Kier alpha value is -1.77. The van der Waals surface area contributed by atoms with Gasteiger partial charge in [-0.25, -0.2) is 14.4 Å². The van der Waals surface area contributed by atoms with Gasteiger partial charge in [0.2, 0.25) is 0 Å². The maximum atomic E-state index is 14.4. The van der Waals surface area contributed by atoms with Crippen LogP contribution < -0.4 is 0 Å². The van der Waals surface area contributed by atoms with Crippen LogP contribution in [0.3, 0.4) is 0 Å². The molecule has 2 aromatic rings. The summed E-state index contributed by atoms with van der Waals surface area (Å²) in [5.41, 5.74) is 2.82. The fraction of sp³-hybridized carbons (Fsp3) is 0.630. The van der Waals surface area contributed by atoms with Crippen molar-refractivity contribution in [2.45, 2.75) is 103 Å². The summed E-state index contributed by atoms with van der Waals surface area (Å²) >= 11 is 0. The van der Waals surface area contributed by atoms with Crippen LogP contribution >= 0.6 is 0 Å². The molecule has 2 nitrogen and oxygen atoms in total. The normalized spacial score (nSPS) is 19.2. The van der Waals surface area contributed by atoms with Crippen LogP contribution in [0.4, 0.5) is 4.39 Å². The molecule has 0 unspecified atom stereocenters. The Bertz CT molecular complexity index is 748. The Morgan fingerprint density at radius 1 is 0.867 bits per heavy atom. The molecule has 164 valence electrons. The summed E-state index contributed by atoms with van der Waals surface area (Å²) in [6.45, 7) is 4.44. The van der Waals surface area contributed by atoms with Gasteiger partial charge in [0.15, 0.2) is 5.82 Å². The van der Waals surface area contributed by atoms with E-state index in [-0.39, 0.29) is 5.82 Å². The Morgan fingerprint density at radius 2 is 1.57 bits per heavy atom. The van der Waals surface area contributed by atoms with Crippen molar-refractivity contribution in [1.82, 2.24) is 9.97 Å². The van der Waals surface area contributed by atoms with Gasteiger partial charge in [-0.3, -0.25) is 0 Å². The van der Waals surface area contributed by atoms with Gasteiger partial charge < -0.3 is 0 Å². The lowest BCUT2D eigenvalue weighted by molar-refractivity contribution is 0.301. The molecule has 0 saturated heterocycles. The summed E-state index contributed by atoms with van der Waals surface area (Å²) in [5, 5.41) is 0. The van der Waals surface area contributed by atoms with Gasteiger partial charge in [-0.1, -0.05) is 70.9 Å². The zero-order valence-corrected chi connectivity index (χ0v) is 19.0. The number of benzene rings is 1. The quantitative estimate of drug-likeness (QED) is 0.348. The minimum Gasteiger partial charge on any atom is -0.236 e. The topological polar surface area (TPSA) is 25.8 Å². The number of aromatic nitrogens is 2. The molecule has 0 spiro atoms. The Balaban J connectivity index is 1.52. The Kier molecular flexibility index (Phi) is 9.29. The SMILES string of the molecule is CCCCCCC1CCC(c2cnc(-c3ccc(CCCCC)c(F)c3)nc2)CC1. The number of hydrogen-bond acceptors (Lipinski definition) is 2. The second-order valence-corrected chi connectivity index (χ2v) is 9.17. The molecule has 0 amide bonds. The summed E-state index contributed by atoms with van der Waals surface area (Å²) in [6, 6.07) is 5.46. The first-order chi connectivity index (χ1) is 14.7. The summed E-state index contributed by atoms with van der Waals surface area (Å²) < 4.78 is 14.4. The molecule has 3 rings (SSSR count). The molecule has 3 heteroatoms. The molecule has 30 heavy (non-hydrogen) atoms. The third-order valence-electron chi connectivity index (χ3n) is 6.82. The molecule has 0 bridgehead atoms. The fourth-order valence-electron chi connectivity index (χ4n) is 4.80. The number of aryl methyl sites for hydroxylation is 1. The van der Waals surface area contributed by atoms with E-state index in [0.29, 0.717) is 11.7 Å². The molecule has 1 aromatic heterocycles. The van der Waals surface area contributed by atoms with Crippen molar-refractivity contribution in [2.75, 3.05) is 0 Å². The smallest absolute Gasteiger partial charge is 0.159 e. The first kappa shape index (κ1) is 22.9. The van der Waals surface area contributed by atoms with E-state index in [4.69, 9.17) is 0 Å². The van der Waals surface area contributed by atoms with Crippen molar-refractivity contribution in [1.29, 1.82) is 0 Å². The molecule has 1 saturated carbocycles. The van der Waals surface area contributed by atoms with Crippen molar-refractivity contribution in [3.63, 3.8) is 0 Å². The number of hydrogen-bond donors (Lipinski definition) is 0. The third kappa shape index (κ3) is 6.62. The van der Waals surface area contributed by atoms with E-state index in [1.54, 1.807) is 6.07 Å². The van der Waals surface area contributed by atoms with Crippen LogP contribution in [-0.4, -0.2) is 9.97 Å². The third-order valence-corrected chi connectivity index (χ3v) is 6.82. The molecular weight excluding hydrogens is 371 g/mol. The molecule has 0 radical (unpaired) electrons.